The van der Waals surface area contributed by atoms with Gasteiger partial charge < -0.3 is 0 Å². The summed E-state index contributed by atoms with van der Waals surface area (Å²) in [5.74, 6) is 0.553. The molecular formula is C12H16BrClN2O2S. The first-order valence-electron chi connectivity index (χ1n) is 6.22. The van der Waals surface area contributed by atoms with E-state index in [1.807, 2.05) is 0 Å². The summed E-state index contributed by atoms with van der Waals surface area (Å²) in [6, 6.07) is 1.47. The predicted octanol–water partition coefficient (Wildman–Crippen LogP) is 3.35. The quantitative estimate of drug-likeness (QED) is 0.833. The van der Waals surface area contributed by atoms with Gasteiger partial charge in [-0.15, -0.1) is 0 Å². The predicted molar refractivity (Wildman–Crippen MR) is 78.7 cm³/mol. The number of hydrogen-bond acceptors (Lipinski definition) is 3. The lowest BCUT2D eigenvalue weighted by molar-refractivity contribution is 0.327. The van der Waals surface area contributed by atoms with E-state index in [9.17, 15) is 8.42 Å². The summed E-state index contributed by atoms with van der Waals surface area (Å²) in [6.07, 6.45) is 5.45. The largest absolute Gasteiger partial charge is 0.243 e. The van der Waals surface area contributed by atoms with Crippen molar-refractivity contribution in [2.45, 2.75) is 43.5 Å². The molecule has 2 rings (SSSR count). The Bertz CT molecular complexity index is 565. The van der Waals surface area contributed by atoms with E-state index in [0.717, 1.165) is 25.7 Å². The molecule has 1 aliphatic carbocycles. The summed E-state index contributed by atoms with van der Waals surface area (Å²) in [6.45, 7) is 2.15. The van der Waals surface area contributed by atoms with Crippen LogP contribution in [0.1, 0.15) is 32.6 Å². The topological polar surface area (TPSA) is 59.1 Å². The van der Waals surface area contributed by atoms with E-state index < -0.39 is 10.0 Å². The van der Waals surface area contributed by atoms with Crippen molar-refractivity contribution in [3.8, 4) is 0 Å². The van der Waals surface area contributed by atoms with Gasteiger partial charge in [-0.1, -0.05) is 31.4 Å². The molecule has 0 amide bonds. The minimum Gasteiger partial charge on any atom is -0.242 e. The van der Waals surface area contributed by atoms with E-state index in [1.54, 1.807) is 0 Å². The second-order valence-corrected chi connectivity index (χ2v) is 7.99. The van der Waals surface area contributed by atoms with Gasteiger partial charge in [-0.25, -0.2) is 18.1 Å². The van der Waals surface area contributed by atoms with Crippen LogP contribution in [0.15, 0.2) is 21.6 Å². The first-order chi connectivity index (χ1) is 8.88. The van der Waals surface area contributed by atoms with Gasteiger partial charge in [0.15, 0.2) is 0 Å². The van der Waals surface area contributed by atoms with Crippen LogP contribution in [0.25, 0.3) is 0 Å². The fraction of sp³-hybridized carbons (Fsp3) is 0.583. The van der Waals surface area contributed by atoms with Crippen molar-refractivity contribution in [3.63, 3.8) is 0 Å². The molecule has 106 valence electrons. The van der Waals surface area contributed by atoms with Crippen LogP contribution in [0.5, 0.6) is 0 Å². The van der Waals surface area contributed by atoms with Crippen LogP contribution in [-0.4, -0.2) is 19.4 Å². The number of sulfonamides is 1. The Labute approximate surface area is 127 Å². The smallest absolute Gasteiger partial charge is 0.242 e. The molecule has 19 heavy (non-hydrogen) atoms. The van der Waals surface area contributed by atoms with Crippen molar-refractivity contribution < 1.29 is 8.42 Å². The molecule has 0 saturated heterocycles. The van der Waals surface area contributed by atoms with Crippen molar-refractivity contribution in [3.05, 3.63) is 21.9 Å². The summed E-state index contributed by atoms with van der Waals surface area (Å²) in [5.41, 5.74) is 0. The Hall–Kier alpha value is -0.170. The highest BCUT2D eigenvalue weighted by atomic mass is 79.9. The van der Waals surface area contributed by atoms with Gasteiger partial charge in [0.2, 0.25) is 10.0 Å². The average Bonchev–Trinajstić information content (AvgIpc) is 2.31. The molecule has 1 heterocycles. The zero-order valence-corrected chi connectivity index (χ0v) is 13.7. The van der Waals surface area contributed by atoms with Crippen molar-refractivity contribution in [2.24, 2.45) is 5.92 Å². The van der Waals surface area contributed by atoms with Gasteiger partial charge in [-0.05, 0) is 40.8 Å². The van der Waals surface area contributed by atoms with E-state index in [4.69, 9.17) is 11.6 Å². The fourth-order valence-electron chi connectivity index (χ4n) is 2.42. The summed E-state index contributed by atoms with van der Waals surface area (Å²) in [7, 11) is -3.61. The first-order valence-corrected chi connectivity index (χ1v) is 8.87. The van der Waals surface area contributed by atoms with E-state index in [0.29, 0.717) is 10.4 Å². The third-order valence-electron chi connectivity index (χ3n) is 3.32. The average molecular weight is 368 g/mol. The van der Waals surface area contributed by atoms with Crippen LogP contribution >= 0.6 is 27.5 Å². The van der Waals surface area contributed by atoms with Crippen molar-refractivity contribution >= 4 is 37.6 Å². The van der Waals surface area contributed by atoms with Crippen molar-refractivity contribution in [2.75, 3.05) is 0 Å². The Morgan fingerprint density at radius 1 is 1.47 bits per heavy atom. The lowest BCUT2D eigenvalue weighted by Gasteiger charge is -2.27. The maximum atomic E-state index is 12.3. The van der Waals surface area contributed by atoms with Crippen molar-refractivity contribution in [1.29, 1.82) is 0 Å². The molecule has 2 unspecified atom stereocenters. The molecule has 0 spiro atoms. The van der Waals surface area contributed by atoms with E-state index >= 15 is 0 Å². The monoisotopic (exact) mass is 366 g/mol. The summed E-state index contributed by atoms with van der Waals surface area (Å²) < 4.78 is 28.0. The third kappa shape index (κ3) is 3.90. The Kier molecular flexibility index (Phi) is 4.87. The normalized spacial score (nSPS) is 24.4. The minimum atomic E-state index is -3.61. The molecule has 4 nitrogen and oxygen atoms in total. The molecule has 1 saturated carbocycles. The van der Waals surface area contributed by atoms with Crippen LogP contribution in [0.4, 0.5) is 0 Å². The standard InChI is InChI=1S/C12H16BrClN2O2S/c1-8-3-2-4-10(5-8)16-19(17,18)11-6-9(13)7-15-12(11)14/h6-8,10,16H,2-5H2,1H3. The highest BCUT2D eigenvalue weighted by Gasteiger charge is 2.26. The summed E-state index contributed by atoms with van der Waals surface area (Å²) in [4.78, 5) is 3.88. The lowest BCUT2D eigenvalue weighted by Crippen LogP contribution is -2.38. The Morgan fingerprint density at radius 3 is 2.89 bits per heavy atom. The fourth-order valence-corrected chi connectivity index (χ4v) is 4.64. The maximum Gasteiger partial charge on any atom is 0.243 e. The molecule has 0 aromatic carbocycles. The van der Waals surface area contributed by atoms with E-state index in [-0.39, 0.29) is 16.1 Å². The van der Waals surface area contributed by atoms with Gasteiger partial charge in [-0.3, -0.25) is 0 Å². The number of rotatable bonds is 3. The van der Waals surface area contributed by atoms with Crippen LogP contribution in [0.3, 0.4) is 0 Å². The zero-order valence-electron chi connectivity index (χ0n) is 10.6. The van der Waals surface area contributed by atoms with Crippen LogP contribution in [0.2, 0.25) is 5.15 Å². The molecule has 1 aromatic rings. The Morgan fingerprint density at radius 2 is 2.21 bits per heavy atom. The second-order valence-electron chi connectivity index (χ2n) is 5.03. The third-order valence-corrected chi connectivity index (χ3v) is 5.70. The summed E-state index contributed by atoms with van der Waals surface area (Å²) in [5, 5.41) is -0.000409. The molecule has 0 aliphatic heterocycles. The van der Waals surface area contributed by atoms with Gasteiger partial charge >= 0.3 is 0 Å². The zero-order chi connectivity index (χ0) is 14.0. The number of nitrogens with one attached hydrogen (secondary N) is 1. The minimum absolute atomic E-state index is 0.000409. The molecule has 2 atom stereocenters. The maximum absolute atomic E-state index is 12.3. The van der Waals surface area contributed by atoms with E-state index in [1.165, 1.54) is 12.3 Å². The molecule has 0 radical (unpaired) electrons. The number of pyridine rings is 1. The van der Waals surface area contributed by atoms with Crippen LogP contribution in [0, 0.1) is 5.92 Å². The molecule has 0 bridgehead atoms. The highest BCUT2D eigenvalue weighted by molar-refractivity contribution is 9.10. The Balaban J connectivity index is 2.20. The SMILES string of the molecule is CC1CCCC(NS(=O)(=O)c2cc(Br)cnc2Cl)C1. The first kappa shape index (κ1) is 15.2. The van der Waals surface area contributed by atoms with Gasteiger partial charge in [-0.2, -0.15) is 0 Å². The van der Waals surface area contributed by atoms with Crippen molar-refractivity contribution in [1.82, 2.24) is 9.71 Å². The molecule has 1 fully saturated rings. The lowest BCUT2D eigenvalue weighted by atomic mass is 9.88. The van der Waals surface area contributed by atoms with Crippen LogP contribution in [-0.2, 0) is 10.0 Å². The van der Waals surface area contributed by atoms with Gasteiger partial charge in [0.1, 0.15) is 10.0 Å². The highest BCUT2D eigenvalue weighted by Crippen LogP contribution is 2.27. The van der Waals surface area contributed by atoms with Gasteiger partial charge in [0.25, 0.3) is 0 Å². The number of halogens is 2. The number of aromatic nitrogens is 1. The molecule has 7 heteroatoms. The molecule has 1 aromatic heterocycles. The molecule has 1 aliphatic rings. The molecule has 1 N–H and O–H groups in total. The van der Waals surface area contributed by atoms with Gasteiger partial charge in [0, 0.05) is 16.7 Å². The second kappa shape index (κ2) is 6.08. The van der Waals surface area contributed by atoms with E-state index in [2.05, 4.69) is 32.6 Å². The number of hydrogen-bond donors (Lipinski definition) is 1. The molecular weight excluding hydrogens is 352 g/mol. The van der Waals surface area contributed by atoms with Crippen LogP contribution < -0.4 is 4.72 Å². The number of nitrogens with zero attached hydrogens (tertiary/aromatic N) is 1. The van der Waals surface area contributed by atoms with Gasteiger partial charge in [0.05, 0.1) is 0 Å². The summed E-state index contributed by atoms with van der Waals surface area (Å²) >= 11 is 9.09.